The van der Waals surface area contributed by atoms with Crippen molar-refractivity contribution in [2.45, 2.75) is 18.1 Å². The van der Waals surface area contributed by atoms with Crippen LogP contribution in [-0.4, -0.2) is 31.1 Å². The Kier molecular flexibility index (Phi) is 3.20. The van der Waals surface area contributed by atoms with Crippen molar-refractivity contribution in [1.29, 1.82) is 0 Å². The van der Waals surface area contributed by atoms with Gasteiger partial charge in [0.15, 0.2) is 5.17 Å². The van der Waals surface area contributed by atoms with Gasteiger partial charge in [-0.3, -0.25) is 4.99 Å². The summed E-state index contributed by atoms with van der Waals surface area (Å²) in [5.41, 5.74) is 2.35. The van der Waals surface area contributed by atoms with E-state index in [9.17, 15) is 0 Å². The highest BCUT2D eigenvalue weighted by Gasteiger charge is 2.35. The van der Waals surface area contributed by atoms with Crippen molar-refractivity contribution in [3.8, 4) is 0 Å². The molecular weight excluding hydrogens is 242 g/mol. The highest BCUT2D eigenvalue weighted by Crippen LogP contribution is 2.41. The van der Waals surface area contributed by atoms with Crippen molar-refractivity contribution < 1.29 is 0 Å². The first kappa shape index (κ1) is 11.9. The molecule has 96 valence electrons. The molecular formula is C14H19N3S. The number of hydrogen-bond donors (Lipinski definition) is 1. The van der Waals surface area contributed by atoms with Gasteiger partial charge in [0.2, 0.25) is 0 Å². The van der Waals surface area contributed by atoms with Gasteiger partial charge in [-0.15, -0.1) is 0 Å². The molecule has 0 amide bonds. The first-order chi connectivity index (χ1) is 8.72. The monoisotopic (exact) mass is 261 g/mol. The molecule has 1 fully saturated rings. The second-order valence-electron chi connectivity index (χ2n) is 5.21. The van der Waals surface area contributed by atoms with Crippen LogP contribution in [0.4, 0.5) is 11.4 Å². The Morgan fingerprint density at radius 3 is 2.56 bits per heavy atom. The molecule has 2 aliphatic rings. The normalized spacial score (nSPS) is 22.8. The lowest BCUT2D eigenvalue weighted by Gasteiger charge is -2.13. The number of nitrogens with one attached hydrogen (secondary N) is 1. The average Bonchev–Trinajstić information content (AvgIpc) is 3.11. The summed E-state index contributed by atoms with van der Waals surface area (Å²) >= 11 is 1.92. The summed E-state index contributed by atoms with van der Waals surface area (Å²) in [6.07, 6.45) is 2.80. The molecule has 4 heteroatoms. The molecule has 1 aromatic carbocycles. The van der Waals surface area contributed by atoms with Gasteiger partial charge in [0.25, 0.3) is 0 Å². The molecule has 1 atom stereocenters. The van der Waals surface area contributed by atoms with E-state index in [4.69, 9.17) is 0 Å². The molecule has 0 saturated heterocycles. The quantitative estimate of drug-likeness (QED) is 0.906. The van der Waals surface area contributed by atoms with Crippen molar-refractivity contribution in [1.82, 2.24) is 0 Å². The van der Waals surface area contributed by atoms with E-state index in [1.807, 2.05) is 11.8 Å². The standard InChI is InChI=1S/C14H19N3S/c1-17(2)12-7-5-11(6-8-12)16-14-15-9-13(18-14)10-3-4-10/h5-8,10,13H,3-4,9H2,1-2H3,(H,15,16). The maximum absolute atomic E-state index is 4.59. The van der Waals surface area contributed by atoms with E-state index in [1.54, 1.807) is 0 Å². The van der Waals surface area contributed by atoms with E-state index in [2.05, 4.69) is 53.6 Å². The number of hydrogen-bond acceptors (Lipinski definition) is 4. The van der Waals surface area contributed by atoms with E-state index in [1.165, 1.54) is 18.5 Å². The minimum atomic E-state index is 0.730. The van der Waals surface area contributed by atoms with Crippen molar-refractivity contribution in [3.05, 3.63) is 24.3 Å². The molecule has 1 N–H and O–H groups in total. The van der Waals surface area contributed by atoms with Crippen LogP contribution < -0.4 is 10.2 Å². The SMILES string of the molecule is CN(C)c1ccc(NC2=NCC(C3CC3)S2)cc1. The highest BCUT2D eigenvalue weighted by molar-refractivity contribution is 8.15. The van der Waals surface area contributed by atoms with E-state index in [0.717, 1.165) is 28.6 Å². The van der Waals surface area contributed by atoms with Crippen LogP contribution >= 0.6 is 11.8 Å². The van der Waals surface area contributed by atoms with E-state index in [0.29, 0.717) is 0 Å². The fraction of sp³-hybridized carbons (Fsp3) is 0.500. The summed E-state index contributed by atoms with van der Waals surface area (Å²) < 4.78 is 0. The number of rotatable bonds is 3. The third kappa shape index (κ3) is 2.64. The average molecular weight is 261 g/mol. The van der Waals surface area contributed by atoms with E-state index in [-0.39, 0.29) is 0 Å². The fourth-order valence-electron chi connectivity index (χ4n) is 2.14. The molecule has 1 saturated carbocycles. The van der Waals surface area contributed by atoms with Gasteiger partial charge in [-0.25, -0.2) is 0 Å². The fourth-order valence-corrected chi connectivity index (χ4v) is 3.37. The molecule has 3 rings (SSSR count). The molecule has 1 heterocycles. The maximum Gasteiger partial charge on any atom is 0.161 e. The predicted octanol–water partition coefficient (Wildman–Crippen LogP) is 3.05. The smallest absolute Gasteiger partial charge is 0.161 e. The van der Waals surface area contributed by atoms with Crippen LogP contribution in [0.3, 0.4) is 0 Å². The lowest BCUT2D eigenvalue weighted by molar-refractivity contribution is 0.773. The molecule has 1 aliphatic heterocycles. The number of thioether (sulfide) groups is 1. The number of amidine groups is 1. The summed E-state index contributed by atoms with van der Waals surface area (Å²) in [6, 6.07) is 8.48. The number of benzene rings is 1. The number of aliphatic imine (C=N–C) groups is 1. The van der Waals surface area contributed by atoms with Crippen LogP contribution in [0, 0.1) is 5.92 Å². The van der Waals surface area contributed by atoms with Gasteiger partial charge in [0.05, 0.1) is 6.54 Å². The van der Waals surface area contributed by atoms with Crippen molar-refractivity contribution in [2.75, 3.05) is 30.9 Å². The lowest BCUT2D eigenvalue weighted by atomic mass is 10.2. The van der Waals surface area contributed by atoms with Gasteiger partial charge < -0.3 is 10.2 Å². The summed E-state index contributed by atoms with van der Waals surface area (Å²) in [6.45, 7) is 0.994. The van der Waals surface area contributed by atoms with Crippen LogP contribution in [-0.2, 0) is 0 Å². The van der Waals surface area contributed by atoms with Crippen LogP contribution in [0.25, 0.3) is 0 Å². The Morgan fingerprint density at radius 2 is 1.94 bits per heavy atom. The summed E-state index contributed by atoms with van der Waals surface area (Å²) in [5.74, 6) is 0.925. The summed E-state index contributed by atoms with van der Waals surface area (Å²) in [7, 11) is 4.11. The van der Waals surface area contributed by atoms with Gasteiger partial charge in [-0.05, 0) is 43.0 Å². The Morgan fingerprint density at radius 1 is 1.22 bits per heavy atom. The van der Waals surface area contributed by atoms with Crippen LogP contribution in [0.5, 0.6) is 0 Å². The highest BCUT2D eigenvalue weighted by atomic mass is 32.2. The maximum atomic E-state index is 4.59. The zero-order chi connectivity index (χ0) is 12.5. The molecule has 0 radical (unpaired) electrons. The van der Waals surface area contributed by atoms with E-state index < -0.39 is 0 Å². The second kappa shape index (κ2) is 4.84. The Balaban J connectivity index is 1.59. The Hall–Kier alpha value is -1.16. The third-order valence-corrected chi connectivity index (χ3v) is 4.75. The lowest BCUT2D eigenvalue weighted by Crippen LogP contribution is -2.10. The van der Waals surface area contributed by atoms with Crippen LogP contribution in [0.1, 0.15) is 12.8 Å². The van der Waals surface area contributed by atoms with Crippen LogP contribution in [0.15, 0.2) is 29.3 Å². The third-order valence-electron chi connectivity index (χ3n) is 3.46. The molecule has 3 nitrogen and oxygen atoms in total. The Bertz CT molecular complexity index is 449. The molecule has 18 heavy (non-hydrogen) atoms. The second-order valence-corrected chi connectivity index (χ2v) is 6.43. The summed E-state index contributed by atoms with van der Waals surface area (Å²) in [5, 5.41) is 5.23. The Labute approximate surface area is 113 Å². The first-order valence-corrected chi connectivity index (χ1v) is 7.36. The minimum Gasteiger partial charge on any atom is -0.378 e. The van der Waals surface area contributed by atoms with Gasteiger partial charge in [0.1, 0.15) is 0 Å². The zero-order valence-electron chi connectivity index (χ0n) is 10.9. The molecule has 1 unspecified atom stereocenters. The van der Waals surface area contributed by atoms with E-state index >= 15 is 0 Å². The minimum absolute atomic E-state index is 0.730. The predicted molar refractivity (Wildman–Crippen MR) is 80.8 cm³/mol. The molecule has 0 spiro atoms. The van der Waals surface area contributed by atoms with Gasteiger partial charge >= 0.3 is 0 Å². The van der Waals surface area contributed by atoms with Gasteiger partial charge in [0, 0.05) is 30.7 Å². The van der Waals surface area contributed by atoms with Crippen molar-refractivity contribution in [3.63, 3.8) is 0 Å². The van der Waals surface area contributed by atoms with Gasteiger partial charge in [-0.2, -0.15) is 0 Å². The first-order valence-electron chi connectivity index (χ1n) is 6.48. The topological polar surface area (TPSA) is 27.6 Å². The zero-order valence-corrected chi connectivity index (χ0v) is 11.7. The van der Waals surface area contributed by atoms with Crippen LogP contribution in [0.2, 0.25) is 0 Å². The summed E-state index contributed by atoms with van der Waals surface area (Å²) in [4.78, 5) is 6.70. The molecule has 1 aliphatic carbocycles. The van der Waals surface area contributed by atoms with Gasteiger partial charge in [-0.1, -0.05) is 11.8 Å². The molecule has 0 aromatic heterocycles. The largest absolute Gasteiger partial charge is 0.378 e. The number of nitrogens with zero attached hydrogens (tertiary/aromatic N) is 2. The van der Waals surface area contributed by atoms with Crippen molar-refractivity contribution >= 4 is 28.3 Å². The molecule has 1 aromatic rings. The molecule has 0 bridgehead atoms. The number of anilines is 2. The van der Waals surface area contributed by atoms with Crippen molar-refractivity contribution in [2.24, 2.45) is 10.9 Å².